The van der Waals surface area contributed by atoms with Crippen molar-refractivity contribution in [2.24, 2.45) is 0 Å². The van der Waals surface area contributed by atoms with Crippen molar-refractivity contribution >= 4 is 0 Å². The third kappa shape index (κ3) is 4.49. The highest BCUT2D eigenvalue weighted by atomic mass is 19.4. The number of rotatable bonds is 5. The molecule has 1 aliphatic carbocycles. The maximum Gasteiger partial charge on any atom is 0.389 e. The topological polar surface area (TPSA) is 12.0 Å². The Hall–Kier alpha value is -1.10. The van der Waals surface area contributed by atoms with Crippen LogP contribution in [0.4, 0.5) is 17.6 Å². The van der Waals surface area contributed by atoms with Crippen molar-refractivity contribution in [3.63, 3.8) is 0 Å². The molecule has 0 saturated heterocycles. The number of hydrogen-bond donors (Lipinski definition) is 1. The minimum atomic E-state index is -4.06. The molecule has 5 heteroatoms. The molecule has 1 aliphatic rings. The number of benzene rings is 1. The van der Waals surface area contributed by atoms with Crippen LogP contribution in [0.1, 0.15) is 37.2 Å². The molecule has 106 valence electrons. The van der Waals surface area contributed by atoms with Gasteiger partial charge in [-0.2, -0.15) is 13.2 Å². The van der Waals surface area contributed by atoms with Gasteiger partial charge in [-0.25, -0.2) is 4.39 Å². The maximum absolute atomic E-state index is 13.0. The third-order valence-electron chi connectivity index (χ3n) is 3.53. The first-order chi connectivity index (χ1) is 8.94. The minimum Gasteiger partial charge on any atom is -0.314 e. The van der Waals surface area contributed by atoms with E-state index >= 15 is 0 Å². The van der Waals surface area contributed by atoms with E-state index in [0.717, 1.165) is 18.4 Å². The van der Waals surface area contributed by atoms with Gasteiger partial charge < -0.3 is 5.32 Å². The summed E-state index contributed by atoms with van der Waals surface area (Å²) in [6.45, 7) is 0.389. The van der Waals surface area contributed by atoms with E-state index in [1.165, 1.54) is 12.1 Å². The zero-order valence-corrected chi connectivity index (χ0v) is 10.5. The first kappa shape index (κ1) is 14.3. The fourth-order valence-corrected chi connectivity index (χ4v) is 2.41. The van der Waals surface area contributed by atoms with Gasteiger partial charge in [0.05, 0.1) is 0 Å². The molecule has 2 rings (SSSR count). The molecule has 1 N–H and O–H groups in total. The van der Waals surface area contributed by atoms with Gasteiger partial charge in [0.2, 0.25) is 0 Å². The Labute approximate surface area is 110 Å². The Morgan fingerprint density at radius 3 is 2.58 bits per heavy atom. The molecule has 1 nitrogen and oxygen atoms in total. The Kier molecular flexibility index (Phi) is 4.45. The molecule has 1 fully saturated rings. The highest BCUT2D eigenvalue weighted by Crippen LogP contribution is 2.37. The smallest absolute Gasteiger partial charge is 0.314 e. The lowest BCUT2D eigenvalue weighted by Gasteiger charge is -2.36. The fraction of sp³-hybridized carbons (Fsp3) is 0.571. The third-order valence-corrected chi connectivity index (χ3v) is 3.53. The van der Waals surface area contributed by atoms with E-state index in [1.807, 2.05) is 6.07 Å². The summed E-state index contributed by atoms with van der Waals surface area (Å²) in [5.74, 6) is 0.0925. The Balaban J connectivity index is 1.64. The van der Waals surface area contributed by atoms with Gasteiger partial charge in [-0.15, -0.1) is 0 Å². The van der Waals surface area contributed by atoms with Crippen LogP contribution in [-0.4, -0.2) is 18.8 Å². The van der Waals surface area contributed by atoms with Crippen molar-refractivity contribution in [1.29, 1.82) is 0 Å². The minimum absolute atomic E-state index is 0.116. The summed E-state index contributed by atoms with van der Waals surface area (Å²) in [5, 5.41) is 3.11. The summed E-state index contributed by atoms with van der Waals surface area (Å²) in [4.78, 5) is 0. The molecular formula is C14H17F4N. The second kappa shape index (κ2) is 5.90. The summed E-state index contributed by atoms with van der Waals surface area (Å²) < 4.78 is 48.8. The predicted octanol–water partition coefficient (Wildman–Crippen LogP) is 4.00. The highest BCUT2D eigenvalue weighted by Gasteiger charge is 2.30. The summed E-state index contributed by atoms with van der Waals surface area (Å²) in [6.07, 6.45) is -2.94. The van der Waals surface area contributed by atoms with Crippen LogP contribution < -0.4 is 5.32 Å². The van der Waals surface area contributed by atoms with Crippen molar-refractivity contribution in [2.75, 3.05) is 6.54 Å². The standard InChI is InChI=1S/C14H17F4N/c15-12-4-1-3-10(7-12)11-8-13(9-11)19-6-2-5-14(16,17)18/h1,3-4,7,11,13,19H,2,5-6,8-9H2. The number of nitrogens with one attached hydrogen (secondary N) is 1. The molecule has 0 heterocycles. The molecule has 0 spiro atoms. The van der Waals surface area contributed by atoms with Crippen LogP contribution in [0.25, 0.3) is 0 Å². The maximum atomic E-state index is 13.0. The summed E-state index contributed by atoms with van der Waals surface area (Å²) in [6, 6.07) is 6.79. The second-order valence-corrected chi connectivity index (χ2v) is 5.09. The van der Waals surface area contributed by atoms with Crippen LogP contribution in [0.15, 0.2) is 24.3 Å². The molecule has 1 saturated carbocycles. The van der Waals surface area contributed by atoms with Gasteiger partial charge in [0.25, 0.3) is 0 Å². The molecule has 0 aliphatic heterocycles. The van der Waals surface area contributed by atoms with E-state index in [1.54, 1.807) is 6.07 Å². The lowest BCUT2D eigenvalue weighted by Crippen LogP contribution is -2.40. The van der Waals surface area contributed by atoms with Crippen molar-refractivity contribution < 1.29 is 17.6 Å². The summed E-state index contributed by atoms with van der Waals surface area (Å²) >= 11 is 0. The molecule has 0 radical (unpaired) electrons. The van der Waals surface area contributed by atoms with Crippen LogP contribution in [0.2, 0.25) is 0 Å². The average Bonchev–Trinajstić information content (AvgIpc) is 2.24. The van der Waals surface area contributed by atoms with Crippen LogP contribution in [0, 0.1) is 5.82 Å². The van der Waals surface area contributed by atoms with E-state index in [2.05, 4.69) is 5.32 Å². The lowest BCUT2D eigenvalue weighted by molar-refractivity contribution is -0.135. The number of halogens is 4. The SMILES string of the molecule is Fc1cccc(C2CC(NCCCC(F)(F)F)C2)c1. The van der Waals surface area contributed by atoms with Gasteiger partial charge in [0, 0.05) is 12.5 Å². The number of hydrogen-bond acceptors (Lipinski definition) is 1. The van der Waals surface area contributed by atoms with Gasteiger partial charge in [0.15, 0.2) is 0 Å². The van der Waals surface area contributed by atoms with Crippen molar-refractivity contribution in [3.8, 4) is 0 Å². The Bertz CT molecular complexity index is 410. The normalized spacial score (nSPS) is 23.2. The predicted molar refractivity (Wildman–Crippen MR) is 65.5 cm³/mol. The van der Waals surface area contributed by atoms with E-state index in [-0.39, 0.29) is 18.3 Å². The summed E-state index contributed by atoms with van der Waals surface area (Å²) in [5.41, 5.74) is 0.980. The first-order valence-corrected chi connectivity index (χ1v) is 6.49. The van der Waals surface area contributed by atoms with E-state index < -0.39 is 12.6 Å². The largest absolute Gasteiger partial charge is 0.389 e. The molecule has 0 aromatic heterocycles. The summed E-state index contributed by atoms with van der Waals surface area (Å²) in [7, 11) is 0. The average molecular weight is 275 g/mol. The van der Waals surface area contributed by atoms with Crippen LogP contribution in [-0.2, 0) is 0 Å². The Morgan fingerprint density at radius 1 is 1.21 bits per heavy atom. The molecular weight excluding hydrogens is 258 g/mol. The van der Waals surface area contributed by atoms with Crippen LogP contribution >= 0.6 is 0 Å². The highest BCUT2D eigenvalue weighted by molar-refractivity contribution is 5.23. The van der Waals surface area contributed by atoms with Crippen molar-refractivity contribution in [3.05, 3.63) is 35.6 Å². The molecule has 1 aromatic carbocycles. The van der Waals surface area contributed by atoms with Gasteiger partial charge in [0.1, 0.15) is 5.82 Å². The lowest BCUT2D eigenvalue weighted by atomic mass is 9.76. The molecule has 19 heavy (non-hydrogen) atoms. The van der Waals surface area contributed by atoms with Gasteiger partial charge in [-0.1, -0.05) is 12.1 Å². The fourth-order valence-electron chi connectivity index (χ4n) is 2.41. The van der Waals surface area contributed by atoms with E-state index in [4.69, 9.17) is 0 Å². The van der Waals surface area contributed by atoms with E-state index in [0.29, 0.717) is 12.5 Å². The molecule has 0 amide bonds. The molecule has 1 aromatic rings. The molecule has 0 atom stereocenters. The van der Waals surface area contributed by atoms with Gasteiger partial charge in [-0.05, 0) is 49.4 Å². The second-order valence-electron chi connectivity index (χ2n) is 5.09. The van der Waals surface area contributed by atoms with Gasteiger partial charge >= 0.3 is 6.18 Å². The molecule has 0 unspecified atom stereocenters. The zero-order chi connectivity index (χ0) is 13.9. The van der Waals surface area contributed by atoms with Crippen LogP contribution in [0.5, 0.6) is 0 Å². The monoisotopic (exact) mass is 275 g/mol. The van der Waals surface area contributed by atoms with Crippen molar-refractivity contribution in [1.82, 2.24) is 5.32 Å². The van der Waals surface area contributed by atoms with Crippen molar-refractivity contribution in [2.45, 2.75) is 43.8 Å². The quantitative estimate of drug-likeness (QED) is 0.632. The van der Waals surface area contributed by atoms with Gasteiger partial charge in [-0.3, -0.25) is 0 Å². The van der Waals surface area contributed by atoms with Crippen LogP contribution in [0.3, 0.4) is 0 Å². The zero-order valence-electron chi connectivity index (χ0n) is 10.5. The number of alkyl halides is 3. The molecule has 0 bridgehead atoms. The first-order valence-electron chi connectivity index (χ1n) is 6.49. The van der Waals surface area contributed by atoms with E-state index in [9.17, 15) is 17.6 Å². The Morgan fingerprint density at radius 2 is 1.95 bits per heavy atom.